The van der Waals surface area contributed by atoms with E-state index in [-0.39, 0.29) is 5.70 Å². The molecule has 29 heavy (non-hydrogen) atoms. The third-order valence-corrected chi connectivity index (χ3v) is 4.87. The molecule has 0 aliphatic heterocycles. The summed E-state index contributed by atoms with van der Waals surface area (Å²) in [7, 11) is 0. The Bertz CT molecular complexity index is 1060. The predicted molar refractivity (Wildman–Crippen MR) is 115 cm³/mol. The van der Waals surface area contributed by atoms with E-state index in [1.165, 1.54) is 0 Å². The first-order valence-corrected chi connectivity index (χ1v) is 9.58. The molecule has 0 bridgehead atoms. The molecule has 0 radical (unpaired) electrons. The molecule has 3 aromatic rings. The van der Waals surface area contributed by atoms with E-state index < -0.39 is 11.9 Å². The highest BCUT2D eigenvalue weighted by atomic mass is 79.9. The molecule has 0 unspecified atom stereocenters. The predicted octanol–water partition coefficient (Wildman–Crippen LogP) is 5.49. The van der Waals surface area contributed by atoms with Crippen molar-refractivity contribution in [3.8, 4) is 11.5 Å². The number of ether oxygens (including phenoxy) is 1. The molecule has 0 saturated heterocycles. The van der Waals surface area contributed by atoms with Gasteiger partial charge in [-0.1, -0.05) is 42.5 Å². The lowest BCUT2D eigenvalue weighted by Crippen LogP contribution is -2.28. The minimum Gasteiger partial charge on any atom is -0.477 e. The third kappa shape index (κ3) is 5.12. The van der Waals surface area contributed by atoms with Crippen LogP contribution in [0.1, 0.15) is 22.8 Å². The van der Waals surface area contributed by atoms with Gasteiger partial charge in [0.25, 0.3) is 5.91 Å². The van der Waals surface area contributed by atoms with Crippen molar-refractivity contribution in [2.75, 3.05) is 0 Å². The first-order valence-electron chi connectivity index (χ1n) is 8.79. The molecule has 2 N–H and O–H groups in total. The van der Waals surface area contributed by atoms with Gasteiger partial charge in [0.05, 0.1) is 4.47 Å². The molecule has 6 heteroatoms. The van der Waals surface area contributed by atoms with Gasteiger partial charge in [-0.05, 0) is 70.4 Å². The first kappa shape index (κ1) is 20.4. The topological polar surface area (TPSA) is 75.6 Å². The van der Waals surface area contributed by atoms with Crippen molar-refractivity contribution in [3.05, 3.63) is 100 Å². The van der Waals surface area contributed by atoms with Crippen LogP contribution < -0.4 is 10.1 Å². The second kappa shape index (κ2) is 9.21. The number of halogens is 1. The highest BCUT2D eigenvalue weighted by molar-refractivity contribution is 9.10. The number of benzene rings is 3. The molecule has 5 nitrogen and oxygen atoms in total. The molecule has 1 amide bonds. The molecule has 0 atom stereocenters. The number of carboxylic acids is 1. The van der Waals surface area contributed by atoms with Gasteiger partial charge in [0.2, 0.25) is 0 Å². The molecule has 3 rings (SSSR count). The molecule has 0 spiro atoms. The van der Waals surface area contributed by atoms with E-state index in [2.05, 4.69) is 21.2 Å². The molecule has 3 aromatic carbocycles. The lowest BCUT2D eigenvalue weighted by atomic mass is 10.0. The van der Waals surface area contributed by atoms with Crippen LogP contribution in [0.3, 0.4) is 0 Å². The van der Waals surface area contributed by atoms with Gasteiger partial charge < -0.3 is 15.2 Å². The van der Waals surface area contributed by atoms with E-state index >= 15 is 0 Å². The Hall–Kier alpha value is -3.38. The Morgan fingerprint density at radius 3 is 2.10 bits per heavy atom. The average Bonchev–Trinajstić information content (AvgIpc) is 2.74. The van der Waals surface area contributed by atoms with Crippen molar-refractivity contribution in [2.24, 2.45) is 0 Å². The minimum atomic E-state index is -1.21. The van der Waals surface area contributed by atoms with Crippen LogP contribution in [0.4, 0.5) is 0 Å². The fraction of sp³-hybridized carbons (Fsp3) is 0.0435. The Kier molecular flexibility index (Phi) is 6.46. The average molecular weight is 452 g/mol. The smallest absolute Gasteiger partial charge is 0.352 e. The molecular weight excluding hydrogens is 434 g/mol. The summed E-state index contributed by atoms with van der Waals surface area (Å²) >= 11 is 3.43. The molecule has 0 aromatic heterocycles. The standard InChI is InChI=1S/C23H18BrNO4/c1-15(21(23(27)28)25-22(26)17-7-3-2-4-8-17)16-11-13-18(14-12-16)29-20-10-6-5-9-19(20)24/h2-14H,1H3,(H,25,26)(H,27,28)/b21-15-. The van der Waals surface area contributed by atoms with Crippen LogP contribution in [-0.2, 0) is 4.79 Å². The summed E-state index contributed by atoms with van der Waals surface area (Å²) in [4.78, 5) is 24.1. The van der Waals surface area contributed by atoms with Crippen LogP contribution in [0.15, 0.2) is 89.0 Å². The number of aliphatic carboxylic acids is 1. The summed E-state index contributed by atoms with van der Waals surface area (Å²) < 4.78 is 6.66. The second-order valence-electron chi connectivity index (χ2n) is 6.18. The van der Waals surface area contributed by atoms with Crippen LogP contribution in [0.25, 0.3) is 5.57 Å². The van der Waals surface area contributed by atoms with E-state index in [4.69, 9.17) is 4.74 Å². The van der Waals surface area contributed by atoms with Gasteiger partial charge in [0, 0.05) is 5.56 Å². The zero-order valence-corrected chi connectivity index (χ0v) is 17.1. The minimum absolute atomic E-state index is 0.168. The largest absolute Gasteiger partial charge is 0.477 e. The van der Waals surface area contributed by atoms with Crippen LogP contribution >= 0.6 is 15.9 Å². The number of allylic oxidation sites excluding steroid dienone is 1. The van der Waals surface area contributed by atoms with Crippen LogP contribution in [0.2, 0.25) is 0 Å². The second-order valence-corrected chi connectivity index (χ2v) is 7.04. The SMILES string of the molecule is C/C(=C(/NC(=O)c1ccccc1)C(=O)O)c1ccc(Oc2ccccc2Br)cc1. The Balaban J connectivity index is 1.82. The van der Waals surface area contributed by atoms with Gasteiger partial charge in [0.15, 0.2) is 0 Å². The van der Waals surface area contributed by atoms with Crippen molar-refractivity contribution < 1.29 is 19.4 Å². The number of hydrogen-bond acceptors (Lipinski definition) is 3. The highest BCUT2D eigenvalue weighted by Gasteiger charge is 2.17. The maximum atomic E-state index is 12.4. The first-order chi connectivity index (χ1) is 14.0. The fourth-order valence-corrected chi connectivity index (χ4v) is 3.02. The van der Waals surface area contributed by atoms with Crippen molar-refractivity contribution in [1.82, 2.24) is 5.32 Å². The van der Waals surface area contributed by atoms with Gasteiger partial charge >= 0.3 is 5.97 Å². The van der Waals surface area contributed by atoms with E-state index in [1.54, 1.807) is 61.5 Å². The number of carbonyl (C=O) groups is 2. The number of nitrogens with one attached hydrogen (secondary N) is 1. The number of rotatable bonds is 6. The summed E-state index contributed by atoms with van der Waals surface area (Å²) in [5, 5.41) is 12.1. The van der Waals surface area contributed by atoms with Crippen LogP contribution in [0.5, 0.6) is 11.5 Å². The van der Waals surface area contributed by atoms with E-state index in [9.17, 15) is 14.7 Å². The summed E-state index contributed by atoms with van der Waals surface area (Å²) in [6.07, 6.45) is 0. The van der Waals surface area contributed by atoms with Gasteiger partial charge in [-0.2, -0.15) is 0 Å². The monoisotopic (exact) mass is 451 g/mol. The summed E-state index contributed by atoms with van der Waals surface area (Å²) in [6, 6.07) is 22.9. The zero-order chi connectivity index (χ0) is 20.8. The van der Waals surface area contributed by atoms with Gasteiger partial charge in [-0.3, -0.25) is 4.79 Å². The van der Waals surface area contributed by atoms with Gasteiger partial charge in [0.1, 0.15) is 17.2 Å². The van der Waals surface area contributed by atoms with E-state index in [1.807, 2.05) is 24.3 Å². The van der Waals surface area contributed by atoms with Crippen molar-refractivity contribution >= 4 is 33.4 Å². The number of amides is 1. The Morgan fingerprint density at radius 1 is 0.862 bits per heavy atom. The summed E-state index contributed by atoms with van der Waals surface area (Å²) in [6.45, 7) is 1.65. The van der Waals surface area contributed by atoms with Crippen molar-refractivity contribution in [1.29, 1.82) is 0 Å². The Morgan fingerprint density at radius 2 is 1.48 bits per heavy atom. The quantitative estimate of drug-likeness (QED) is 0.486. The van der Waals surface area contributed by atoms with Gasteiger partial charge in [-0.15, -0.1) is 0 Å². The highest BCUT2D eigenvalue weighted by Crippen LogP contribution is 2.30. The number of carboxylic acid groups (broad SMARTS) is 1. The fourth-order valence-electron chi connectivity index (χ4n) is 2.65. The van der Waals surface area contributed by atoms with Crippen LogP contribution in [-0.4, -0.2) is 17.0 Å². The van der Waals surface area contributed by atoms with Crippen LogP contribution in [0, 0.1) is 0 Å². The molecule has 0 fully saturated rings. The van der Waals surface area contributed by atoms with E-state index in [0.717, 1.165) is 4.47 Å². The number of para-hydroxylation sites is 1. The number of carbonyl (C=O) groups excluding carboxylic acids is 1. The van der Waals surface area contributed by atoms with E-state index in [0.29, 0.717) is 28.2 Å². The molecule has 0 aliphatic carbocycles. The van der Waals surface area contributed by atoms with Gasteiger partial charge in [-0.25, -0.2) is 4.79 Å². The lowest BCUT2D eigenvalue weighted by molar-refractivity contribution is -0.132. The van der Waals surface area contributed by atoms with Crippen molar-refractivity contribution in [3.63, 3.8) is 0 Å². The maximum absolute atomic E-state index is 12.4. The molecular formula is C23H18BrNO4. The molecule has 0 heterocycles. The normalized spacial score (nSPS) is 11.4. The number of hydrogen-bond donors (Lipinski definition) is 2. The Labute approximate surface area is 176 Å². The summed E-state index contributed by atoms with van der Waals surface area (Å²) in [5.41, 5.74) is 1.32. The molecule has 146 valence electrons. The summed E-state index contributed by atoms with van der Waals surface area (Å²) in [5.74, 6) is -0.399. The molecule has 0 aliphatic rings. The third-order valence-electron chi connectivity index (χ3n) is 4.22. The zero-order valence-electron chi connectivity index (χ0n) is 15.6. The lowest BCUT2D eigenvalue weighted by Gasteiger charge is -2.12. The van der Waals surface area contributed by atoms with Crippen molar-refractivity contribution in [2.45, 2.75) is 6.92 Å². The maximum Gasteiger partial charge on any atom is 0.352 e. The molecule has 0 saturated carbocycles.